The SMILES string of the molecule is Nc1ncnc2c1c(F)cn2C1CC(Cc2cc(F)c(F)c3c2CNCC3)[C@@H](O)[C@H]1O. The van der Waals surface area contributed by atoms with Crippen molar-refractivity contribution < 1.29 is 23.4 Å². The number of nitrogens with zero attached hydrogens (tertiary/aromatic N) is 3. The van der Waals surface area contributed by atoms with Crippen LogP contribution in [0.5, 0.6) is 0 Å². The summed E-state index contributed by atoms with van der Waals surface area (Å²) in [6.07, 6.45) is 1.05. The van der Waals surface area contributed by atoms with E-state index in [0.29, 0.717) is 42.6 Å². The molecule has 0 amide bonds. The highest BCUT2D eigenvalue weighted by Gasteiger charge is 2.43. The number of aliphatic hydroxyl groups excluding tert-OH is 2. The van der Waals surface area contributed by atoms with E-state index in [1.165, 1.54) is 23.2 Å². The number of rotatable bonds is 3. The van der Waals surface area contributed by atoms with Gasteiger partial charge in [0, 0.05) is 12.7 Å². The first-order valence-electron chi connectivity index (χ1n) is 10.2. The van der Waals surface area contributed by atoms with E-state index in [2.05, 4.69) is 15.3 Å². The van der Waals surface area contributed by atoms with Gasteiger partial charge in [-0.2, -0.15) is 0 Å². The Bertz CT molecular complexity index is 1170. The molecule has 1 fully saturated rings. The molecule has 1 aliphatic heterocycles. The monoisotopic (exact) mass is 433 g/mol. The molecule has 31 heavy (non-hydrogen) atoms. The number of aliphatic hydroxyl groups is 2. The van der Waals surface area contributed by atoms with Crippen LogP contribution in [0.15, 0.2) is 18.6 Å². The highest BCUT2D eigenvalue weighted by atomic mass is 19.2. The lowest BCUT2D eigenvalue weighted by Crippen LogP contribution is -2.31. The molecule has 1 saturated carbocycles. The minimum Gasteiger partial charge on any atom is -0.390 e. The van der Waals surface area contributed by atoms with Gasteiger partial charge in [-0.25, -0.2) is 23.1 Å². The van der Waals surface area contributed by atoms with E-state index in [0.717, 1.165) is 0 Å². The summed E-state index contributed by atoms with van der Waals surface area (Å²) < 4.78 is 44.3. The first-order valence-corrected chi connectivity index (χ1v) is 10.2. The second-order valence-electron chi connectivity index (χ2n) is 8.31. The highest BCUT2D eigenvalue weighted by molar-refractivity contribution is 5.86. The smallest absolute Gasteiger partial charge is 0.162 e. The number of aromatic nitrogens is 3. The zero-order chi connectivity index (χ0) is 21.9. The highest BCUT2D eigenvalue weighted by Crippen LogP contribution is 2.40. The van der Waals surface area contributed by atoms with Crippen molar-refractivity contribution in [3.8, 4) is 0 Å². The van der Waals surface area contributed by atoms with Crippen LogP contribution in [0.3, 0.4) is 0 Å². The molecule has 164 valence electrons. The average Bonchev–Trinajstić information content (AvgIpc) is 3.24. The van der Waals surface area contributed by atoms with Gasteiger partial charge in [0.25, 0.3) is 0 Å². The fraction of sp³-hybridized carbons (Fsp3) is 0.429. The summed E-state index contributed by atoms with van der Waals surface area (Å²) in [5, 5.41) is 24.7. The number of hydrogen-bond donors (Lipinski definition) is 4. The van der Waals surface area contributed by atoms with Crippen LogP contribution in [0.4, 0.5) is 19.0 Å². The van der Waals surface area contributed by atoms with Crippen LogP contribution in [-0.4, -0.2) is 43.5 Å². The first-order chi connectivity index (χ1) is 14.9. The molecule has 2 aromatic heterocycles. The van der Waals surface area contributed by atoms with E-state index < -0.39 is 41.6 Å². The maximum Gasteiger partial charge on any atom is 0.162 e. The Hall–Kier alpha value is -2.69. The number of hydrogen-bond acceptors (Lipinski definition) is 6. The molecule has 0 saturated heterocycles. The summed E-state index contributed by atoms with van der Waals surface area (Å²) in [6.45, 7) is 0.983. The largest absolute Gasteiger partial charge is 0.390 e. The zero-order valence-electron chi connectivity index (χ0n) is 16.5. The Balaban J connectivity index is 1.48. The van der Waals surface area contributed by atoms with Crippen LogP contribution in [-0.2, 0) is 19.4 Å². The van der Waals surface area contributed by atoms with Gasteiger partial charge in [-0.05, 0) is 54.5 Å². The summed E-state index contributed by atoms with van der Waals surface area (Å²) in [5.74, 6) is -2.79. The Labute approximate surface area is 175 Å². The summed E-state index contributed by atoms with van der Waals surface area (Å²) in [6, 6.07) is 0.521. The summed E-state index contributed by atoms with van der Waals surface area (Å²) in [5.41, 5.74) is 7.67. The van der Waals surface area contributed by atoms with E-state index in [-0.39, 0.29) is 23.3 Å². The van der Waals surface area contributed by atoms with Gasteiger partial charge in [-0.3, -0.25) is 0 Å². The van der Waals surface area contributed by atoms with Crippen molar-refractivity contribution in [3.05, 3.63) is 52.7 Å². The number of nitrogen functional groups attached to an aromatic ring is 1. The lowest BCUT2D eigenvalue weighted by atomic mass is 9.88. The van der Waals surface area contributed by atoms with Gasteiger partial charge in [0.2, 0.25) is 0 Å². The predicted molar refractivity (Wildman–Crippen MR) is 107 cm³/mol. The fourth-order valence-electron chi connectivity index (χ4n) is 5.04. The molecule has 3 aromatic rings. The van der Waals surface area contributed by atoms with Crippen molar-refractivity contribution in [2.45, 2.75) is 44.1 Å². The van der Waals surface area contributed by atoms with Crippen molar-refractivity contribution in [1.29, 1.82) is 0 Å². The molecule has 10 heteroatoms. The lowest BCUT2D eigenvalue weighted by Gasteiger charge is -2.24. The summed E-state index contributed by atoms with van der Waals surface area (Å²) >= 11 is 0. The molecule has 5 N–H and O–H groups in total. The third-order valence-electron chi connectivity index (χ3n) is 6.58. The van der Waals surface area contributed by atoms with Crippen molar-refractivity contribution in [1.82, 2.24) is 19.9 Å². The van der Waals surface area contributed by atoms with E-state index in [1.54, 1.807) is 0 Å². The Morgan fingerprint density at radius 1 is 1.13 bits per heavy atom. The second-order valence-corrected chi connectivity index (χ2v) is 8.31. The second kappa shape index (κ2) is 7.47. The fourth-order valence-corrected chi connectivity index (χ4v) is 5.04. The number of nitrogens with one attached hydrogen (secondary N) is 1. The number of benzene rings is 1. The minimum absolute atomic E-state index is 0.00764. The molecule has 1 aromatic carbocycles. The minimum atomic E-state index is -1.18. The molecule has 2 unspecified atom stereocenters. The van der Waals surface area contributed by atoms with Gasteiger partial charge in [0.05, 0.1) is 17.5 Å². The van der Waals surface area contributed by atoms with Crippen LogP contribution >= 0.6 is 0 Å². The van der Waals surface area contributed by atoms with Crippen LogP contribution in [0.25, 0.3) is 11.0 Å². The summed E-state index contributed by atoms with van der Waals surface area (Å²) in [4.78, 5) is 7.89. The number of anilines is 1. The Morgan fingerprint density at radius 3 is 2.74 bits per heavy atom. The maximum absolute atomic E-state index is 14.5. The molecule has 3 heterocycles. The molecular weight excluding hydrogens is 411 g/mol. The lowest BCUT2D eigenvalue weighted by molar-refractivity contribution is 0.00672. The number of nitrogens with two attached hydrogens (primary N) is 1. The zero-order valence-corrected chi connectivity index (χ0v) is 16.5. The van der Waals surface area contributed by atoms with E-state index in [4.69, 9.17) is 5.73 Å². The normalized spacial score (nSPS) is 25.8. The molecule has 0 spiro atoms. The third-order valence-corrected chi connectivity index (χ3v) is 6.58. The van der Waals surface area contributed by atoms with Crippen molar-refractivity contribution in [2.24, 2.45) is 5.92 Å². The standard InChI is InChI=1S/C21H22F3N5O2/c22-13-4-9(12-6-26-2-1-11(12)17(13)24)3-10-5-15(19(31)18(10)30)29-7-14(23)16-20(25)27-8-28-21(16)29/h4,7-8,10,15,18-19,26,30-31H,1-3,5-6H2,(H2,25,27,28)/t10?,15?,18-,19+/m1/s1. The molecule has 0 radical (unpaired) electrons. The maximum atomic E-state index is 14.5. The van der Waals surface area contributed by atoms with Crippen LogP contribution < -0.4 is 11.1 Å². The Kier molecular flexibility index (Phi) is 4.87. The average molecular weight is 433 g/mol. The van der Waals surface area contributed by atoms with Crippen molar-refractivity contribution in [3.63, 3.8) is 0 Å². The molecule has 4 atom stereocenters. The van der Waals surface area contributed by atoms with Gasteiger partial charge in [-0.1, -0.05) is 0 Å². The van der Waals surface area contributed by atoms with Gasteiger partial charge in [-0.15, -0.1) is 0 Å². The van der Waals surface area contributed by atoms with Crippen LogP contribution in [0.2, 0.25) is 0 Å². The van der Waals surface area contributed by atoms with Crippen molar-refractivity contribution >= 4 is 16.9 Å². The van der Waals surface area contributed by atoms with Gasteiger partial charge < -0.3 is 25.8 Å². The van der Waals surface area contributed by atoms with Crippen molar-refractivity contribution in [2.75, 3.05) is 12.3 Å². The van der Waals surface area contributed by atoms with E-state index in [9.17, 15) is 23.4 Å². The molecule has 7 nitrogen and oxygen atoms in total. The van der Waals surface area contributed by atoms with Crippen LogP contribution in [0, 0.1) is 23.4 Å². The molecule has 0 bridgehead atoms. The molecule has 2 aliphatic rings. The number of fused-ring (bicyclic) bond motifs is 2. The number of halogens is 3. The van der Waals surface area contributed by atoms with Gasteiger partial charge >= 0.3 is 0 Å². The predicted octanol–water partition coefficient (Wildman–Crippen LogP) is 1.60. The molecule has 1 aliphatic carbocycles. The summed E-state index contributed by atoms with van der Waals surface area (Å²) in [7, 11) is 0. The Morgan fingerprint density at radius 2 is 1.94 bits per heavy atom. The first kappa shape index (κ1) is 20.2. The van der Waals surface area contributed by atoms with E-state index in [1.807, 2.05) is 0 Å². The quantitative estimate of drug-likeness (QED) is 0.500. The van der Waals surface area contributed by atoms with Gasteiger partial charge in [0.15, 0.2) is 17.5 Å². The van der Waals surface area contributed by atoms with E-state index >= 15 is 0 Å². The molecular formula is C21H22F3N5O2. The topological polar surface area (TPSA) is 109 Å². The van der Waals surface area contributed by atoms with Gasteiger partial charge in [0.1, 0.15) is 23.9 Å². The van der Waals surface area contributed by atoms with Crippen LogP contribution in [0.1, 0.15) is 29.2 Å². The molecule has 5 rings (SSSR count). The third kappa shape index (κ3) is 3.17.